The van der Waals surface area contributed by atoms with Crippen molar-refractivity contribution in [2.45, 2.75) is 26.7 Å². The highest BCUT2D eigenvalue weighted by Gasteiger charge is 2.21. The maximum Gasteiger partial charge on any atom is 0.374 e. The molecule has 0 fully saturated rings. The van der Waals surface area contributed by atoms with E-state index in [1.165, 1.54) is 13.2 Å². The van der Waals surface area contributed by atoms with Crippen molar-refractivity contribution < 1.29 is 18.7 Å². The molecule has 5 nitrogen and oxygen atoms in total. The van der Waals surface area contributed by atoms with Gasteiger partial charge in [0.25, 0.3) is 0 Å². The SMILES string of the molecule is CCCc1c2ccccc2c(OC)c2c(=O)cc(C(=O)OCC)oc12. The predicted molar refractivity (Wildman–Crippen MR) is 96.5 cm³/mol. The molecule has 0 atom stereocenters. The number of fused-ring (bicyclic) bond motifs is 2. The van der Waals surface area contributed by atoms with Crippen molar-refractivity contribution in [3.05, 3.63) is 51.9 Å². The monoisotopic (exact) mass is 340 g/mol. The van der Waals surface area contributed by atoms with Crippen LogP contribution in [0.3, 0.4) is 0 Å². The zero-order valence-corrected chi connectivity index (χ0v) is 14.5. The van der Waals surface area contributed by atoms with E-state index < -0.39 is 5.97 Å². The first-order valence-electron chi connectivity index (χ1n) is 8.34. The van der Waals surface area contributed by atoms with Crippen LogP contribution in [0.1, 0.15) is 36.4 Å². The van der Waals surface area contributed by atoms with Crippen LogP contribution in [0.2, 0.25) is 0 Å². The van der Waals surface area contributed by atoms with Gasteiger partial charge in [-0.15, -0.1) is 0 Å². The van der Waals surface area contributed by atoms with E-state index in [1.807, 2.05) is 24.3 Å². The van der Waals surface area contributed by atoms with Gasteiger partial charge >= 0.3 is 5.97 Å². The Kier molecular flexibility index (Phi) is 4.74. The van der Waals surface area contributed by atoms with E-state index in [0.29, 0.717) is 16.7 Å². The number of ether oxygens (including phenoxy) is 2. The molecule has 0 saturated heterocycles. The summed E-state index contributed by atoms with van der Waals surface area (Å²) in [5.74, 6) is -0.264. The second-order valence-corrected chi connectivity index (χ2v) is 5.71. The summed E-state index contributed by atoms with van der Waals surface area (Å²) in [6.45, 7) is 3.97. The number of esters is 1. The molecule has 0 N–H and O–H groups in total. The number of hydrogen-bond acceptors (Lipinski definition) is 5. The minimum absolute atomic E-state index is 0.0889. The lowest BCUT2D eigenvalue weighted by molar-refractivity contribution is 0.0490. The van der Waals surface area contributed by atoms with Gasteiger partial charge in [0.15, 0.2) is 5.43 Å². The maximum atomic E-state index is 12.7. The third-order valence-electron chi connectivity index (χ3n) is 4.13. The summed E-state index contributed by atoms with van der Waals surface area (Å²) >= 11 is 0. The van der Waals surface area contributed by atoms with Crippen LogP contribution in [-0.2, 0) is 11.2 Å². The average molecular weight is 340 g/mol. The van der Waals surface area contributed by atoms with Gasteiger partial charge in [-0.1, -0.05) is 37.6 Å². The molecule has 0 aliphatic carbocycles. The van der Waals surface area contributed by atoms with Gasteiger partial charge < -0.3 is 13.9 Å². The summed E-state index contributed by atoms with van der Waals surface area (Å²) in [5, 5.41) is 2.17. The molecule has 0 saturated carbocycles. The third kappa shape index (κ3) is 2.86. The van der Waals surface area contributed by atoms with Crippen LogP contribution in [0, 0.1) is 0 Å². The largest absolute Gasteiger partial charge is 0.495 e. The molecule has 0 radical (unpaired) electrons. The Hall–Kier alpha value is -2.82. The van der Waals surface area contributed by atoms with Gasteiger partial charge in [-0.05, 0) is 18.7 Å². The first-order chi connectivity index (χ1) is 12.1. The normalized spacial score (nSPS) is 11.0. The van der Waals surface area contributed by atoms with Crippen LogP contribution in [0.5, 0.6) is 5.75 Å². The highest BCUT2D eigenvalue weighted by atomic mass is 16.5. The maximum absolute atomic E-state index is 12.7. The van der Waals surface area contributed by atoms with Crippen LogP contribution in [0.25, 0.3) is 21.7 Å². The number of rotatable bonds is 5. The fourth-order valence-electron chi connectivity index (χ4n) is 3.14. The first kappa shape index (κ1) is 17.0. The fraction of sp³-hybridized carbons (Fsp3) is 0.300. The van der Waals surface area contributed by atoms with Crippen molar-refractivity contribution in [1.29, 1.82) is 0 Å². The lowest BCUT2D eigenvalue weighted by atomic mass is 9.96. The Labute approximate surface area is 145 Å². The smallest absolute Gasteiger partial charge is 0.374 e. The molecule has 0 bridgehead atoms. The number of methoxy groups -OCH3 is 1. The number of carbonyl (C=O) groups is 1. The summed E-state index contributed by atoms with van der Waals surface area (Å²) in [5.41, 5.74) is 0.981. The van der Waals surface area contributed by atoms with Gasteiger partial charge in [-0.2, -0.15) is 0 Å². The van der Waals surface area contributed by atoms with E-state index in [1.54, 1.807) is 6.92 Å². The van der Waals surface area contributed by atoms with E-state index in [0.717, 1.165) is 29.2 Å². The minimum atomic E-state index is -0.643. The Balaban J connectivity index is 2.47. The van der Waals surface area contributed by atoms with Crippen LogP contribution >= 0.6 is 0 Å². The van der Waals surface area contributed by atoms with E-state index in [-0.39, 0.29) is 17.8 Å². The quantitative estimate of drug-likeness (QED) is 0.517. The van der Waals surface area contributed by atoms with Crippen molar-refractivity contribution in [3.63, 3.8) is 0 Å². The Morgan fingerprint density at radius 2 is 1.88 bits per heavy atom. The lowest BCUT2D eigenvalue weighted by Gasteiger charge is -2.14. The molecule has 0 spiro atoms. The zero-order chi connectivity index (χ0) is 18.0. The van der Waals surface area contributed by atoms with Crippen molar-refractivity contribution in [3.8, 4) is 5.75 Å². The van der Waals surface area contributed by atoms with Gasteiger partial charge in [-0.25, -0.2) is 4.79 Å². The Bertz CT molecular complexity index is 1000. The Morgan fingerprint density at radius 3 is 2.52 bits per heavy atom. The van der Waals surface area contributed by atoms with E-state index in [4.69, 9.17) is 13.9 Å². The first-order valence-corrected chi connectivity index (χ1v) is 8.34. The van der Waals surface area contributed by atoms with Crippen molar-refractivity contribution >= 4 is 27.7 Å². The van der Waals surface area contributed by atoms with Crippen LogP contribution < -0.4 is 10.2 Å². The van der Waals surface area contributed by atoms with Crippen molar-refractivity contribution in [1.82, 2.24) is 0 Å². The molecular weight excluding hydrogens is 320 g/mol. The number of benzene rings is 2. The van der Waals surface area contributed by atoms with Crippen molar-refractivity contribution in [2.24, 2.45) is 0 Å². The fourth-order valence-corrected chi connectivity index (χ4v) is 3.14. The Morgan fingerprint density at radius 1 is 1.16 bits per heavy atom. The average Bonchev–Trinajstić information content (AvgIpc) is 2.62. The molecule has 0 unspecified atom stereocenters. The summed E-state index contributed by atoms with van der Waals surface area (Å²) in [6.07, 6.45) is 1.59. The molecule has 25 heavy (non-hydrogen) atoms. The highest BCUT2D eigenvalue weighted by Crippen LogP contribution is 2.37. The van der Waals surface area contributed by atoms with Gasteiger partial charge in [-0.3, -0.25) is 4.79 Å². The standard InChI is InChI=1S/C20H20O5/c1-4-8-13-12-9-6-7-10-14(12)18(23-3)17-15(21)11-16(25-19(13)17)20(22)24-5-2/h6-7,9-11H,4-5,8H2,1-3H3. The summed E-state index contributed by atoms with van der Waals surface area (Å²) in [7, 11) is 1.53. The molecule has 0 aliphatic rings. The van der Waals surface area contributed by atoms with Gasteiger partial charge in [0.2, 0.25) is 5.76 Å². The molecule has 5 heteroatoms. The topological polar surface area (TPSA) is 65.7 Å². The van der Waals surface area contributed by atoms with E-state index in [9.17, 15) is 9.59 Å². The number of hydrogen-bond donors (Lipinski definition) is 0. The van der Waals surface area contributed by atoms with Crippen molar-refractivity contribution in [2.75, 3.05) is 13.7 Å². The molecule has 3 aromatic rings. The lowest BCUT2D eigenvalue weighted by Crippen LogP contribution is -2.12. The minimum Gasteiger partial charge on any atom is -0.495 e. The van der Waals surface area contributed by atoms with Gasteiger partial charge in [0.05, 0.1) is 13.7 Å². The molecule has 0 amide bonds. The predicted octanol–water partition coefficient (Wildman–Crippen LogP) is 4.08. The summed E-state index contributed by atoms with van der Waals surface area (Å²) in [4.78, 5) is 24.8. The molecule has 2 aromatic carbocycles. The number of aryl methyl sites for hydroxylation is 1. The molecule has 1 aromatic heterocycles. The molecular formula is C20H20O5. The summed E-state index contributed by atoms with van der Waals surface area (Å²) < 4.78 is 16.3. The molecule has 3 rings (SSSR count). The van der Waals surface area contributed by atoms with Crippen LogP contribution in [0.15, 0.2) is 39.5 Å². The zero-order valence-electron chi connectivity index (χ0n) is 14.5. The highest BCUT2D eigenvalue weighted by molar-refractivity contribution is 6.07. The third-order valence-corrected chi connectivity index (χ3v) is 4.13. The molecule has 0 aliphatic heterocycles. The van der Waals surface area contributed by atoms with Crippen LogP contribution in [-0.4, -0.2) is 19.7 Å². The second-order valence-electron chi connectivity index (χ2n) is 5.71. The summed E-state index contributed by atoms with van der Waals surface area (Å²) in [6, 6.07) is 8.90. The molecule has 1 heterocycles. The van der Waals surface area contributed by atoms with E-state index >= 15 is 0 Å². The van der Waals surface area contributed by atoms with E-state index in [2.05, 4.69) is 6.92 Å². The van der Waals surface area contributed by atoms with Gasteiger partial charge in [0, 0.05) is 17.0 Å². The number of carbonyl (C=O) groups excluding carboxylic acids is 1. The second kappa shape index (κ2) is 6.97. The van der Waals surface area contributed by atoms with Crippen LogP contribution in [0.4, 0.5) is 0 Å². The van der Waals surface area contributed by atoms with Gasteiger partial charge in [0.1, 0.15) is 16.7 Å². The molecule has 130 valence electrons.